The molecule has 2 rings (SSSR count). The highest BCUT2D eigenvalue weighted by atomic mass is 19.1. The van der Waals surface area contributed by atoms with E-state index in [9.17, 15) is 9.50 Å². The van der Waals surface area contributed by atoms with Crippen LogP contribution in [0.15, 0.2) is 6.07 Å². The van der Waals surface area contributed by atoms with E-state index in [1.807, 2.05) is 0 Å². The summed E-state index contributed by atoms with van der Waals surface area (Å²) in [7, 11) is 1.36. The van der Waals surface area contributed by atoms with Crippen molar-refractivity contribution in [2.24, 2.45) is 5.73 Å². The molecule has 0 aromatic heterocycles. The van der Waals surface area contributed by atoms with Crippen molar-refractivity contribution in [3.05, 3.63) is 23.0 Å². The molecular weight excluding hydrogens is 245 g/mol. The molecule has 19 heavy (non-hydrogen) atoms. The van der Waals surface area contributed by atoms with Gasteiger partial charge in [-0.05, 0) is 37.0 Å². The van der Waals surface area contributed by atoms with E-state index >= 15 is 0 Å². The van der Waals surface area contributed by atoms with Gasteiger partial charge in [0.05, 0.1) is 7.11 Å². The number of methoxy groups -OCH3 is 1. The van der Waals surface area contributed by atoms with Crippen molar-refractivity contribution < 1.29 is 14.2 Å². The van der Waals surface area contributed by atoms with Crippen molar-refractivity contribution in [1.29, 1.82) is 0 Å². The van der Waals surface area contributed by atoms with Gasteiger partial charge < -0.3 is 15.6 Å². The van der Waals surface area contributed by atoms with Gasteiger partial charge in [-0.2, -0.15) is 0 Å². The number of hydrogen-bond donors (Lipinski definition) is 2. The monoisotopic (exact) mass is 267 g/mol. The molecule has 1 fully saturated rings. The molecule has 0 bridgehead atoms. The molecule has 1 aromatic rings. The van der Waals surface area contributed by atoms with E-state index in [0.29, 0.717) is 12.1 Å². The summed E-state index contributed by atoms with van der Waals surface area (Å²) in [6.07, 6.45) is 5.31. The zero-order chi connectivity index (χ0) is 14.0. The second-order valence-electron chi connectivity index (χ2n) is 5.46. The summed E-state index contributed by atoms with van der Waals surface area (Å²) in [5, 5.41) is 10.1. The SMILES string of the molecule is COc1c(F)cc(C2(CN)CCCCC2)c(C)c1O. The summed E-state index contributed by atoms with van der Waals surface area (Å²) in [5.74, 6) is -0.695. The largest absolute Gasteiger partial charge is 0.504 e. The fourth-order valence-corrected chi connectivity index (χ4v) is 3.27. The molecule has 1 saturated carbocycles. The van der Waals surface area contributed by atoms with Crippen LogP contribution in [0.1, 0.15) is 43.2 Å². The molecule has 4 heteroatoms. The molecule has 0 heterocycles. The fraction of sp³-hybridized carbons (Fsp3) is 0.600. The molecule has 3 nitrogen and oxygen atoms in total. The number of halogens is 1. The van der Waals surface area contributed by atoms with Crippen LogP contribution in [-0.4, -0.2) is 18.8 Å². The van der Waals surface area contributed by atoms with E-state index in [2.05, 4.69) is 0 Å². The lowest BCUT2D eigenvalue weighted by molar-refractivity contribution is 0.293. The summed E-state index contributed by atoms with van der Waals surface area (Å²) in [6.45, 7) is 2.29. The van der Waals surface area contributed by atoms with Gasteiger partial charge in [-0.15, -0.1) is 0 Å². The number of aromatic hydroxyl groups is 1. The predicted molar refractivity (Wildman–Crippen MR) is 73.2 cm³/mol. The highest BCUT2D eigenvalue weighted by Crippen LogP contribution is 2.45. The number of benzene rings is 1. The van der Waals surface area contributed by atoms with Crippen LogP contribution in [0.4, 0.5) is 4.39 Å². The Morgan fingerprint density at radius 1 is 1.37 bits per heavy atom. The third kappa shape index (κ3) is 2.29. The van der Waals surface area contributed by atoms with Crippen LogP contribution in [0.2, 0.25) is 0 Å². The number of hydrogen-bond acceptors (Lipinski definition) is 3. The molecule has 0 saturated heterocycles. The second-order valence-corrected chi connectivity index (χ2v) is 5.46. The third-order valence-corrected chi connectivity index (χ3v) is 4.44. The van der Waals surface area contributed by atoms with E-state index in [0.717, 1.165) is 31.2 Å². The Morgan fingerprint density at radius 3 is 2.53 bits per heavy atom. The number of phenols is 1. The van der Waals surface area contributed by atoms with E-state index in [-0.39, 0.29) is 16.9 Å². The van der Waals surface area contributed by atoms with Gasteiger partial charge in [0, 0.05) is 12.0 Å². The molecular formula is C15H22FNO2. The van der Waals surface area contributed by atoms with Crippen molar-refractivity contribution in [2.75, 3.05) is 13.7 Å². The average Bonchev–Trinajstić information content (AvgIpc) is 2.44. The maximum atomic E-state index is 14.0. The van der Waals surface area contributed by atoms with Crippen molar-refractivity contribution >= 4 is 0 Å². The minimum Gasteiger partial charge on any atom is -0.504 e. The molecule has 3 N–H and O–H groups in total. The Bertz CT molecular complexity index is 468. The zero-order valence-corrected chi connectivity index (χ0v) is 11.6. The average molecular weight is 267 g/mol. The summed E-state index contributed by atoms with van der Waals surface area (Å²) >= 11 is 0. The Balaban J connectivity index is 2.55. The zero-order valence-electron chi connectivity index (χ0n) is 11.6. The first kappa shape index (κ1) is 14.1. The Hall–Kier alpha value is -1.29. The van der Waals surface area contributed by atoms with Gasteiger partial charge in [-0.25, -0.2) is 4.39 Å². The number of nitrogens with two attached hydrogens (primary N) is 1. The second kappa shape index (κ2) is 5.37. The van der Waals surface area contributed by atoms with Crippen molar-refractivity contribution in [2.45, 2.75) is 44.4 Å². The van der Waals surface area contributed by atoms with Gasteiger partial charge in [-0.1, -0.05) is 19.3 Å². The number of ether oxygens (including phenoxy) is 1. The topological polar surface area (TPSA) is 55.5 Å². The van der Waals surface area contributed by atoms with E-state index in [1.165, 1.54) is 19.6 Å². The molecule has 106 valence electrons. The number of phenolic OH excluding ortho intramolecular Hbond substituents is 1. The first-order valence-corrected chi connectivity index (χ1v) is 6.82. The van der Waals surface area contributed by atoms with Gasteiger partial charge in [0.25, 0.3) is 0 Å². The first-order chi connectivity index (χ1) is 9.05. The van der Waals surface area contributed by atoms with Gasteiger partial charge in [-0.3, -0.25) is 0 Å². The lowest BCUT2D eigenvalue weighted by Gasteiger charge is -2.38. The maximum Gasteiger partial charge on any atom is 0.196 e. The lowest BCUT2D eigenvalue weighted by Crippen LogP contribution is -2.38. The molecule has 0 spiro atoms. The Labute approximate surface area is 113 Å². The van der Waals surface area contributed by atoms with Gasteiger partial charge in [0.2, 0.25) is 0 Å². The third-order valence-electron chi connectivity index (χ3n) is 4.44. The van der Waals surface area contributed by atoms with Crippen LogP contribution in [-0.2, 0) is 5.41 Å². The standard InChI is InChI=1S/C15H22FNO2/c1-10-11(8-12(16)14(19-2)13(10)18)15(9-17)6-4-3-5-7-15/h8,18H,3-7,9,17H2,1-2H3. The predicted octanol–water partition coefficient (Wildman–Crippen LogP) is 3.01. The minimum atomic E-state index is -0.515. The van der Waals surface area contributed by atoms with Gasteiger partial charge in [0.15, 0.2) is 17.3 Å². The Morgan fingerprint density at radius 2 is 2.00 bits per heavy atom. The molecule has 0 radical (unpaired) electrons. The minimum absolute atomic E-state index is 0.0794. The van der Waals surface area contributed by atoms with Crippen LogP contribution in [0.25, 0.3) is 0 Å². The maximum absolute atomic E-state index is 14.0. The van der Waals surface area contributed by atoms with E-state index in [1.54, 1.807) is 6.92 Å². The first-order valence-electron chi connectivity index (χ1n) is 6.82. The summed E-state index contributed by atoms with van der Waals surface area (Å²) < 4.78 is 18.9. The summed E-state index contributed by atoms with van der Waals surface area (Å²) in [5.41, 5.74) is 7.30. The molecule has 1 aliphatic rings. The van der Waals surface area contributed by atoms with Crippen LogP contribution < -0.4 is 10.5 Å². The molecule has 1 aromatic carbocycles. The summed E-state index contributed by atoms with van der Waals surface area (Å²) in [4.78, 5) is 0. The lowest BCUT2D eigenvalue weighted by atomic mass is 9.68. The van der Waals surface area contributed by atoms with E-state index < -0.39 is 5.82 Å². The van der Waals surface area contributed by atoms with Crippen LogP contribution in [0, 0.1) is 12.7 Å². The van der Waals surface area contributed by atoms with Crippen LogP contribution >= 0.6 is 0 Å². The number of rotatable bonds is 3. The highest BCUT2D eigenvalue weighted by Gasteiger charge is 2.35. The molecule has 0 atom stereocenters. The summed E-state index contributed by atoms with van der Waals surface area (Å²) in [6, 6.07) is 1.49. The molecule has 1 aliphatic carbocycles. The van der Waals surface area contributed by atoms with Gasteiger partial charge >= 0.3 is 0 Å². The molecule has 0 amide bonds. The normalized spacial score (nSPS) is 18.3. The molecule has 0 unspecified atom stereocenters. The Kier molecular flexibility index (Phi) is 3.99. The smallest absolute Gasteiger partial charge is 0.196 e. The van der Waals surface area contributed by atoms with Crippen molar-refractivity contribution in [3.63, 3.8) is 0 Å². The van der Waals surface area contributed by atoms with Gasteiger partial charge in [0.1, 0.15) is 0 Å². The van der Waals surface area contributed by atoms with Crippen LogP contribution in [0.3, 0.4) is 0 Å². The quantitative estimate of drug-likeness (QED) is 0.885. The highest BCUT2D eigenvalue weighted by molar-refractivity contribution is 5.52. The van der Waals surface area contributed by atoms with Crippen molar-refractivity contribution in [1.82, 2.24) is 0 Å². The fourth-order valence-electron chi connectivity index (χ4n) is 3.27. The van der Waals surface area contributed by atoms with E-state index in [4.69, 9.17) is 10.5 Å². The van der Waals surface area contributed by atoms with Crippen LogP contribution in [0.5, 0.6) is 11.5 Å². The van der Waals surface area contributed by atoms with Crippen molar-refractivity contribution in [3.8, 4) is 11.5 Å². The molecule has 0 aliphatic heterocycles.